The number of piperidine rings is 2. The molecule has 3 fully saturated rings. The van der Waals surface area contributed by atoms with Gasteiger partial charge in [-0.25, -0.2) is 0 Å². The molecule has 1 saturated carbocycles. The normalized spacial score (nSPS) is 31.3. The van der Waals surface area contributed by atoms with Gasteiger partial charge < -0.3 is 5.11 Å². The SMILES string of the molecule is Cc1cccc(C2(O)CCCCC2C(N2CCCCC2)N2CCCCC2)c1. The molecule has 3 aliphatic rings. The van der Waals surface area contributed by atoms with Crippen molar-refractivity contribution >= 4 is 0 Å². The Morgan fingerprint density at radius 3 is 2.11 bits per heavy atom. The van der Waals surface area contributed by atoms with E-state index in [0.29, 0.717) is 12.1 Å². The molecule has 1 aromatic carbocycles. The van der Waals surface area contributed by atoms with E-state index in [1.165, 1.54) is 76.7 Å². The second-order valence-corrected chi connectivity index (χ2v) is 9.25. The molecule has 27 heavy (non-hydrogen) atoms. The van der Waals surface area contributed by atoms with Gasteiger partial charge in [0.25, 0.3) is 0 Å². The fraction of sp³-hybridized carbons (Fsp3) is 0.750. The molecule has 2 saturated heterocycles. The van der Waals surface area contributed by atoms with Crippen molar-refractivity contribution < 1.29 is 5.11 Å². The molecule has 0 aromatic heterocycles. The smallest absolute Gasteiger partial charge is 0.0952 e. The Morgan fingerprint density at radius 2 is 1.52 bits per heavy atom. The summed E-state index contributed by atoms with van der Waals surface area (Å²) in [7, 11) is 0. The fourth-order valence-corrected chi connectivity index (χ4v) is 5.96. The second kappa shape index (κ2) is 8.63. The van der Waals surface area contributed by atoms with Crippen molar-refractivity contribution in [3.63, 3.8) is 0 Å². The maximum absolute atomic E-state index is 12.1. The van der Waals surface area contributed by atoms with Gasteiger partial charge in [0.1, 0.15) is 0 Å². The molecule has 3 heteroatoms. The summed E-state index contributed by atoms with van der Waals surface area (Å²) >= 11 is 0. The monoisotopic (exact) mass is 370 g/mol. The molecule has 0 radical (unpaired) electrons. The van der Waals surface area contributed by atoms with Crippen molar-refractivity contribution in [2.75, 3.05) is 26.2 Å². The number of likely N-dealkylation sites (tertiary alicyclic amines) is 2. The van der Waals surface area contributed by atoms with E-state index in [2.05, 4.69) is 41.0 Å². The van der Waals surface area contributed by atoms with Crippen LogP contribution < -0.4 is 0 Å². The van der Waals surface area contributed by atoms with Crippen LogP contribution in [0.5, 0.6) is 0 Å². The average Bonchev–Trinajstić information content (AvgIpc) is 2.71. The molecule has 2 aliphatic heterocycles. The minimum absolute atomic E-state index is 0.323. The number of hydrogen-bond donors (Lipinski definition) is 1. The van der Waals surface area contributed by atoms with Gasteiger partial charge in [-0.1, -0.05) is 55.5 Å². The molecule has 4 rings (SSSR count). The topological polar surface area (TPSA) is 26.7 Å². The van der Waals surface area contributed by atoms with Crippen molar-refractivity contribution in [1.29, 1.82) is 0 Å². The van der Waals surface area contributed by atoms with Crippen LogP contribution >= 0.6 is 0 Å². The third kappa shape index (κ3) is 4.11. The van der Waals surface area contributed by atoms with E-state index in [0.717, 1.165) is 24.8 Å². The standard InChI is InChI=1S/C24H38N2O/c1-20-11-10-12-21(19-20)24(27)14-5-4-13-22(24)23(25-15-6-2-7-16-25)26-17-8-3-9-18-26/h10-12,19,22-23,27H,2-9,13-18H2,1H3. The summed E-state index contributed by atoms with van der Waals surface area (Å²) < 4.78 is 0. The molecule has 1 aromatic rings. The zero-order chi connectivity index (χ0) is 18.7. The lowest BCUT2D eigenvalue weighted by molar-refractivity contribution is -0.133. The summed E-state index contributed by atoms with van der Waals surface area (Å²) in [6.07, 6.45) is 12.9. The molecule has 0 bridgehead atoms. The van der Waals surface area contributed by atoms with Crippen LogP contribution in [-0.2, 0) is 5.60 Å². The van der Waals surface area contributed by atoms with Crippen LogP contribution in [0.4, 0.5) is 0 Å². The Kier molecular flexibility index (Phi) is 6.21. The Bertz CT molecular complexity index is 588. The van der Waals surface area contributed by atoms with E-state index in [9.17, 15) is 5.11 Å². The van der Waals surface area contributed by atoms with Crippen molar-refractivity contribution in [2.24, 2.45) is 5.92 Å². The van der Waals surface area contributed by atoms with Crippen LogP contribution in [-0.4, -0.2) is 47.3 Å². The Labute approximate surface area is 165 Å². The van der Waals surface area contributed by atoms with Crippen molar-refractivity contribution in [3.05, 3.63) is 35.4 Å². The first kappa shape index (κ1) is 19.4. The number of nitrogens with zero attached hydrogens (tertiary/aromatic N) is 2. The highest BCUT2D eigenvalue weighted by Gasteiger charge is 2.48. The first-order valence-corrected chi connectivity index (χ1v) is 11.5. The number of rotatable bonds is 4. The van der Waals surface area contributed by atoms with Gasteiger partial charge in [0.05, 0.1) is 11.8 Å². The third-order valence-corrected chi connectivity index (χ3v) is 7.34. The first-order chi connectivity index (χ1) is 13.2. The predicted octanol–water partition coefficient (Wildman–Crippen LogP) is 4.67. The number of aliphatic hydroxyl groups is 1. The second-order valence-electron chi connectivity index (χ2n) is 9.25. The molecular weight excluding hydrogens is 332 g/mol. The minimum Gasteiger partial charge on any atom is -0.385 e. The fourth-order valence-electron chi connectivity index (χ4n) is 5.96. The molecule has 0 amide bonds. The van der Waals surface area contributed by atoms with E-state index < -0.39 is 5.60 Å². The third-order valence-electron chi connectivity index (χ3n) is 7.34. The number of hydrogen-bond acceptors (Lipinski definition) is 3. The van der Waals surface area contributed by atoms with Gasteiger partial charge in [0, 0.05) is 5.92 Å². The van der Waals surface area contributed by atoms with Crippen LogP contribution in [0.25, 0.3) is 0 Å². The van der Waals surface area contributed by atoms with Crippen molar-refractivity contribution in [1.82, 2.24) is 9.80 Å². The van der Waals surface area contributed by atoms with E-state index in [1.807, 2.05) is 0 Å². The highest BCUT2D eigenvalue weighted by molar-refractivity contribution is 5.29. The summed E-state index contributed by atoms with van der Waals surface area (Å²) in [6.45, 7) is 6.99. The summed E-state index contributed by atoms with van der Waals surface area (Å²) in [5.74, 6) is 0.323. The highest BCUT2D eigenvalue weighted by Crippen LogP contribution is 2.46. The van der Waals surface area contributed by atoms with Crippen LogP contribution in [0, 0.1) is 12.8 Å². The van der Waals surface area contributed by atoms with Gasteiger partial charge in [-0.05, 0) is 77.2 Å². The lowest BCUT2D eigenvalue weighted by Gasteiger charge is -2.53. The lowest BCUT2D eigenvalue weighted by Crippen LogP contribution is -2.60. The molecule has 2 unspecified atom stereocenters. The maximum Gasteiger partial charge on any atom is 0.0952 e. The van der Waals surface area contributed by atoms with Gasteiger partial charge in [-0.15, -0.1) is 0 Å². The maximum atomic E-state index is 12.1. The summed E-state index contributed by atoms with van der Waals surface area (Å²) in [6, 6.07) is 8.69. The summed E-state index contributed by atoms with van der Waals surface area (Å²) in [4.78, 5) is 5.48. The summed E-state index contributed by atoms with van der Waals surface area (Å²) in [5, 5.41) is 12.1. The minimum atomic E-state index is -0.677. The molecule has 2 atom stereocenters. The average molecular weight is 371 g/mol. The quantitative estimate of drug-likeness (QED) is 0.834. The van der Waals surface area contributed by atoms with Gasteiger partial charge in [-0.3, -0.25) is 9.80 Å². The van der Waals surface area contributed by atoms with Crippen LogP contribution in [0.2, 0.25) is 0 Å². The van der Waals surface area contributed by atoms with E-state index >= 15 is 0 Å². The van der Waals surface area contributed by atoms with Crippen LogP contribution in [0.15, 0.2) is 24.3 Å². The van der Waals surface area contributed by atoms with E-state index in [-0.39, 0.29) is 0 Å². The molecule has 150 valence electrons. The first-order valence-electron chi connectivity index (χ1n) is 11.5. The van der Waals surface area contributed by atoms with Gasteiger partial charge in [0.2, 0.25) is 0 Å². The van der Waals surface area contributed by atoms with Gasteiger partial charge in [-0.2, -0.15) is 0 Å². The molecule has 1 N–H and O–H groups in total. The zero-order valence-corrected chi connectivity index (χ0v) is 17.2. The number of aryl methyl sites for hydroxylation is 1. The van der Waals surface area contributed by atoms with Crippen LogP contribution in [0.1, 0.15) is 75.3 Å². The Balaban J connectivity index is 1.68. The van der Waals surface area contributed by atoms with Gasteiger partial charge >= 0.3 is 0 Å². The van der Waals surface area contributed by atoms with E-state index in [4.69, 9.17) is 0 Å². The largest absolute Gasteiger partial charge is 0.385 e. The summed E-state index contributed by atoms with van der Waals surface area (Å²) in [5.41, 5.74) is 1.74. The van der Waals surface area contributed by atoms with E-state index in [1.54, 1.807) is 0 Å². The molecule has 2 heterocycles. The molecule has 3 nitrogen and oxygen atoms in total. The molecule has 1 aliphatic carbocycles. The van der Waals surface area contributed by atoms with Crippen LogP contribution in [0.3, 0.4) is 0 Å². The lowest BCUT2D eigenvalue weighted by atomic mass is 9.69. The Morgan fingerprint density at radius 1 is 0.889 bits per heavy atom. The molecular formula is C24H38N2O. The van der Waals surface area contributed by atoms with Crippen molar-refractivity contribution in [3.8, 4) is 0 Å². The predicted molar refractivity (Wildman–Crippen MR) is 112 cm³/mol. The van der Waals surface area contributed by atoms with Crippen molar-refractivity contribution in [2.45, 2.75) is 82.9 Å². The molecule has 0 spiro atoms. The van der Waals surface area contributed by atoms with Gasteiger partial charge in [0.15, 0.2) is 0 Å². The number of benzene rings is 1. The highest BCUT2D eigenvalue weighted by atomic mass is 16.3. The Hall–Kier alpha value is -0.900. The zero-order valence-electron chi connectivity index (χ0n) is 17.2.